The molecule has 1 aliphatic carbocycles. The number of aliphatic hydroxyl groups excluding tert-OH is 1. The van der Waals surface area contributed by atoms with E-state index in [1.807, 2.05) is 39.0 Å². The Morgan fingerprint density at radius 1 is 1.36 bits per heavy atom. The average Bonchev–Trinajstić information content (AvgIpc) is 2.36. The third-order valence-electron chi connectivity index (χ3n) is 3.48. The number of Topliss-reactive ketones (excluding diaryl/α,β-unsaturated/α-hetero) is 1. The number of benzene rings is 1. The number of aliphatic imine (C=N–C) groups is 1. The molecule has 0 saturated heterocycles. The van der Waals surface area contributed by atoms with Crippen LogP contribution in [0.2, 0.25) is 0 Å². The number of aryl methyl sites for hydroxylation is 1. The van der Waals surface area contributed by atoms with Gasteiger partial charge in [-0.05, 0) is 30.0 Å². The number of anilines is 1. The van der Waals surface area contributed by atoms with E-state index in [9.17, 15) is 14.7 Å². The Hall–Kier alpha value is -2.43. The quantitative estimate of drug-likeness (QED) is 0.815. The number of allylic oxidation sites excluding steroid dienone is 2. The molecule has 1 aromatic carbocycles. The van der Waals surface area contributed by atoms with Gasteiger partial charge in [-0.3, -0.25) is 4.79 Å². The molecule has 0 heterocycles. The van der Waals surface area contributed by atoms with E-state index in [-0.39, 0.29) is 22.5 Å². The molecule has 2 amide bonds. The predicted molar refractivity (Wildman–Crippen MR) is 86.4 cm³/mol. The maximum atomic E-state index is 12.0. The average molecular weight is 300 g/mol. The highest BCUT2D eigenvalue weighted by atomic mass is 16.3. The molecule has 0 bridgehead atoms. The van der Waals surface area contributed by atoms with E-state index in [0.29, 0.717) is 18.5 Å². The van der Waals surface area contributed by atoms with Gasteiger partial charge in [0.25, 0.3) is 0 Å². The Kier molecular flexibility index (Phi) is 4.45. The zero-order chi connectivity index (χ0) is 16.3. The molecular formula is C17H20N2O3. The number of ketones is 1. The van der Waals surface area contributed by atoms with Crippen LogP contribution >= 0.6 is 0 Å². The number of aliphatic hydroxyl groups is 1. The summed E-state index contributed by atoms with van der Waals surface area (Å²) >= 11 is 0. The fraction of sp³-hybridized carbons (Fsp3) is 0.353. The van der Waals surface area contributed by atoms with E-state index in [4.69, 9.17) is 0 Å². The monoisotopic (exact) mass is 300 g/mol. The van der Waals surface area contributed by atoms with Crippen molar-refractivity contribution in [1.29, 1.82) is 0 Å². The van der Waals surface area contributed by atoms with Crippen LogP contribution in [0.25, 0.3) is 0 Å². The molecule has 0 aromatic heterocycles. The van der Waals surface area contributed by atoms with Crippen LogP contribution in [0.15, 0.2) is 40.6 Å². The van der Waals surface area contributed by atoms with Gasteiger partial charge < -0.3 is 10.4 Å². The van der Waals surface area contributed by atoms with E-state index < -0.39 is 6.03 Å². The SMILES string of the molecule is Cc1cccc(NC(=O)/N=C/C2=C(O)CC(C)(C)CC2=O)c1. The minimum absolute atomic E-state index is 0.00615. The first-order chi connectivity index (χ1) is 10.3. The van der Waals surface area contributed by atoms with Gasteiger partial charge in [0.1, 0.15) is 5.76 Å². The number of hydrogen-bond acceptors (Lipinski definition) is 3. The maximum Gasteiger partial charge on any atom is 0.345 e. The molecule has 0 spiro atoms. The number of nitrogens with one attached hydrogen (secondary N) is 1. The fourth-order valence-corrected chi connectivity index (χ4v) is 2.45. The van der Waals surface area contributed by atoms with Gasteiger partial charge in [-0.2, -0.15) is 0 Å². The lowest BCUT2D eigenvalue weighted by molar-refractivity contribution is -0.117. The Morgan fingerprint density at radius 3 is 2.73 bits per heavy atom. The second-order valence-electron chi connectivity index (χ2n) is 6.36. The molecule has 0 aliphatic heterocycles. The summed E-state index contributed by atoms with van der Waals surface area (Å²) in [6, 6.07) is 6.74. The largest absolute Gasteiger partial charge is 0.511 e. The van der Waals surface area contributed by atoms with Gasteiger partial charge >= 0.3 is 6.03 Å². The van der Waals surface area contributed by atoms with Gasteiger partial charge in [0, 0.05) is 24.7 Å². The standard InChI is InChI=1S/C17H20N2O3/c1-11-5-4-6-12(7-11)19-16(22)18-10-13-14(20)8-17(2,3)9-15(13)21/h4-7,10,20H,8-9H2,1-3H3,(H,19,22)/b18-10+. The van der Waals surface area contributed by atoms with Crippen molar-refractivity contribution < 1.29 is 14.7 Å². The molecule has 0 radical (unpaired) electrons. The molecule has 5 heteroatoms. The number of hydrogen-bond donors (Lipinski definition) is 2. The second-order valence-corrected chi connectivity index (χ2v) is 6.36. The fourth-order valence-electron chi connectivity index (χ4n) is 2.45. The number of carbonyl (C=O) groups is 2. The first-order valence-corrected chi connectivity index (χ1v) is 7.14. The third-order valence-corrected chi connectivity index (χ3v) is 3.48. The van der Waals surface area contributed by atoms with Gasteiger partial charge in [0.05, 0.1) is 5.57 Å². The molecule has 2 N–H and O–H groups in total. The summed E-state index contributed by atoms with van der Waals surface area (Å²) in [5.74, 6) is -0.200. The van der Waals surface area contributed by atoms with Crippen LogP contribution in [0.3, 0.4) is 0 Å². The van der Waals surface area contributed by atoms with Crippen molar-refractivity contribution in [3.63, 3.8) is 0 Å². The molecule has 0 fully saturated rings. The minimum Gasteiger partial charge on any atom is -0.511 e. The molecule has 1 aliphatic rings. The summed E-state index contributed by atoms with van der Waals surface area (Å²) in [5, 5.41) is 12.6. The smallest absolute Gasteiger partial charge is 0.345 e. The first-order valence-electron chi connectivity index (χ1n) is 7.14. The van der Waals surface area contributed by atoms with Crippen molar-refractivity contribution >= 4 is 23.7 Å². The molecule has 22 heavy (non-hydrogen) atoms. The third kappa shape index (κ3) is 4.04. The van der Waals surface area contributed by atoms with Crippen molar-refractivity contribution in [1.82, 2.24) is 0 Å². The van der Waals surface area contributed by atoms with Crippen LogP contribution in [0.4, 0.5) is 10.5 Å². The summed E-state index contributed by atoms with van der Waals surface area (Å²) < 4.78 is 0. The highest BCUT2D eigenvalue weighted by Crippen LogP contribution is 2.35. The highest BCUT2D eigenvalue weighted by Gasteiger charge is 2.32. The second kappa shape index (κ2) is 6.13. The molecule has 116 valence electrons. The summed E-state index contributed by atoms with van der Waals surface area (Å²) in [5.41, 5.74) is 1.52. The van der Waals surface area contributed by atoms with Crippen LogP contribution in [0, 0.1) is 12.3 Å². The van der Waals surface area contributed by atoms with Crippen molar-refractivity contribution in [3.05, 3.63) is 41.2 Å². The molecule has 0 saturated carbocycles. The van der Waals surface area contributed by atoms with Gasteiger partial charge in [-0.25, -0.2) is 9.79 Å². The number of rotatable bonds is 2. The highest BCUT2D eigenvalue weighted by molar-refractivity contribution is 6.16. The van der Waals surface area contributed by atoms with Crippen LogP contribution in [0.1, 0.15) is 32.3 Å². The van der Waals surface area contributed by atoms with E-state index in [2.05, 4.69) is 10.3 Å². The van der Waals surface area contributed by atoms with Crippen LogP contribution in [-0.4, -0.2) is 23.1 Å². The topological polar surface area (TPSA) is 78.8 Å². The Labute approximate surface area is 129 Å². The van der Waals surface area contributed by atoms with E-state index in [0.717, 1.165) is 11.8 Å². The lowest BCUT2D eigenvalue weighted by Crippen LogP contribution is -2.26. The summed E-state index contributed by atoms with van der Waals surface area (Å²) in [7, 11) is 0. The zero-order valence-corrected chi connectivity index (χ0v) is 13.0. The summed E-state index contributed by atoms with van der Waals surface area (Å²) in [6.07, 6.45) is 1.88. The number of nitrogens with zero attached hydrogens (tertiary/aromatic N) is 1. The molecule has 5 nitrogen and oxygen atoms in total. The van der Waals surface area contributed by atoms with Crippen molar-refractivity contribution in [2.75, 3.05) is 5.32 Å². The van der Waals surface area contributed by atoms with Gasteiger partial charge in [0.2, 0.25) is 0 Å². The summed E-state index contributed by atoms with van der Waals surface area (Å²) in [4.78, 5) is 27.5. The minimum atomic E-state index is -0.580. The Bertz CT molecular complexity index is 672. The zero-order valence-electron chi connectivity index (χ0n) is 13.0. The molecule has 2 rings (SSSR count). The van der Waals surface area contributed by atoms with E-state index in [1.54, 1.807) is 6.07 Å². The number of urea groups is 1. The van der Waals surface area contributed by atoms with Crippen molar-refractivity contribution in [3.8, 4) is 0 Å². The molecule has 1 aromatic rings. The van der Waals surface area contributed by atoms with E-state index >= 15 is 0 Å². The van der Waals surface area contributed by atoms with Crippen LogP contribution < -0.4 is 5.32 Å². The van der Waals surface area contributed by atoms with Crippen molar-refractivity contribution in [2.45, 2.75) is 33.6 Å². The van der Waals surface area contributed by atoms with Crippen LogP contribution in [-0.2, 0) is 4.79 Å². The van der Waals surface area contributed by atoms with Gasteiger partial charge in [-0.1, -0.05) is 26.0 Å². The van der Waals surface area contributed by atoms with Gasteiger partial charge in [0.15, 0.2) is 5.78 Å². The molecule has 0 atom stereocenters. The lowest BCUT2D eigenvalue weighted by Gasteiger charge is -2.28. The Morgan fingerprint density at radius 2 is 2.09 bits per heavy atom. The number of carbonyl (C=O) groups excluding carboxylic acids is 2. The Balaban J connectivity index is 2.08. The molecular weight excluding hydrogens is 280 g/mol. The van der Waals surface area contributed by atoms with E-state index in [1.165, 1.54) is 0 Å². The first kappa shape index (κ1) is 15.9. The summed E-state index contributed by atoms with van der Waals surface area (Å²) in [6.45, 7) is 5.75. The van der Waals surface area contributed by atoms with Gasteiger partial charge in [-0.15, -0.1) is 0 Å². The van der Waals surface area contributed by atoms with Crippen molar-refractivity contribution in [2.24, 2.45) is 10.4 Å². The van der Waals surface area contributed by atoms with Crippen LogP contribution in [0.5, 0.6) is 0 Å². The predicted octanol–water partition coefficient (Wildman–Crippen LogP) is 3.80. The normalized spacial score (nSPS) is 17.9. The number of amides is 2. The maximum absolute atomic E-state index is 12.0. The lowest BCUT2D eigenvalue weighted by atomic mass is 9.77. The molecule has 0 unspecified atom stereocenters.